The number of aromatic nitrogens is 1. The van der Waals surface area contributed by atoms with Crippen molar-refractivity contribution in [3.63, 3.8) is 0 Å². The van der Waals surface area contributed by atoms with Gasteiger partial charge in [-0.3, -0.25) is 9.88 Å². The van der Waals surface area contributed by atoms with Crippen molar-refractivity contribution in [2.75, 3.05) is 14.2 Å². The van der Waals surface area contributed by atoms with Gasteiger partial charge in [0.1, 0.15) is 5.75 Å². The largest absolute Gasteiger partial charge is 0.497 e. The van der Waals surface area contributed by atoms with Crippen molar-refractivity contribution in [1.82, 2.24) is 9.88 Å². The fraction of sp³-hybridized carbons (Fsp3) is 0.353. The van der Waals surface area contributed by atoms with Gasteiger partial charge in [-0.2, -0.15) is 0 Å². The van der Waals surface area contributed by atoms with E-state index in [2.05, 4.69) is 35.1 Å². The second-order valence-electron chi connectivity index (χ2n) is 5.35. The molecule has 0 saturated heterocycles. The lowest BCUT2D eigenvalue weighted by molar-refractivity contribution is 0.210. The fourth-order valence-electron chi connectivity index (χ4n) is 2.63. The number of ether oxygens (including phenoxy) is 1. The third kappa shape index (κ3) is 4.03. The van der Waals surface area contributed by atoms with Crippen molar-refractivity contribution in [1.29, 1.82) is 0 Å². The Morgan fingerprint density at radius 2 is 1.95 bits per heavy atom. The first-order chi connectivity index (χ1) is 10.1. The topological polar surface area (TPSA) is 51.4 Å². The molecule has 21 heavy (non-hydrogen) atoms. The first-order valence-corrected chi connectivity index (χ1v) is 7.10. The summed E-state index contributed by atoms with van der Waals surface area (Å²) < 4.78 is 5.19. The predicted octanol–water partition coefficient (Wildman–Crippen LogP) is 2.61. The zero-order chi connectivity index (χ0) is 15.2. The van der Waals surface area contributed by atoms with Crippen LogP contribution in [-0.4, -0.2) is 30.1 Å². The molecule has 0 amide bonds. The number of benzene rings is 1. The monoisotopic (exact) mass is 285 g/mol. The molecule has 2 unspecified atom stereocenters. The van der Waals surface area contributed by atoms with Gasteiger partial charge < -0.3 is 10.5 Å². The van der Waals surface area contributed by atoms with Gasteiger partial charge >= 0.3 is 0 Å². The molecule has 2 rings (SSSR count). The van der Waals surface area contributed by atoms with Crippen molar-refractivity contribution in [3.05, 3.63) is 59.9 Å². The van der Waals surface area contributed by atoms with E-state index in [1.54, 1.807) is 13.3 Å². The minimum Gasteiger partial charge on any atom is -0.497 e. The number of methoxy groups -OCH3 is 1. The van der Waals surface area contributed by atoms with Crippen LogP contribution < -0.4 is 10.5 Å². The van der Waals surface area contributed by atoms with Crippen LogP contribution in [-0.2, 0) is 6.54 Å². The maximum Gasteiger partial charge on any atom is 0.118 e. The van der Waals surface area contributed by atoms with E-state index in [0.717, 1.165) is 17.9 Å². The maximum absolute atomic E-state index is 6.18. The second kappa shape index (κ2) is 7.20. The molecule has 0 spiro atoms. The minimum absolute atomic E-state index is 0.0254. The molecule has 0 aliphatic carbocycles. The van der Waals surface area contributed by atoms with Crippen molar-refractivity contribution in [2.24, 2.45) is 5.73 Å². The molecule has 1 aromatic carbocycles. The SMILES string of the molecule is COc1ccc(CN(C)C(c2cccnc2)C(C)N)cc1. The Labute approximate surface area is 126 Å². The maximum atomic E-state index is 6.18. The lowest BCUT2D eigenvalue weighted by Crippen LogP contribution is -2.37. The Morgan fingerprint density at radius 1 is 1.24 bits per heavy atom. The van der Waals surface area contributed by atoms with Gasteiger partial charge in [0.2, 0.25) is 0 Å². The molecule has 0 aliphatic rings. The molecule has 1 aromatic heterocycles. The average Bonchev–Trinajstić information content (AvgIpc) is 2.49. The number of pyridine rings is 1. The smallest absolute Gasteiger partial charge is 0.118 e. The van der Waals surface area contributed by atoms with Gasteiger partial charge in [0, 0.05) is 25.0 Å². The highest BCUT2D eigenvalue weighted by molar-refractivity contribution is 5.27. The molecular weight excluding hydrogens is 262 g/mol. The van der Waals surface area contributed by atoms with E-state index < -0.39 is 0 Å². The van der Waals surface area contributed by atoms with Gasteiger partial charge in [-0.05, 0) is 43.3 Å². The van der Waals surface area contributed by atoms with Crippen LogP contribution in [0.2, 0.25) is 0 Å². The van der Waals surface area contributed by atoms with E-state index in [-0.39, 0.29) is 12.1 Å². The Balaban J connectivity index is 2.13. The average molecular weight is 285 g/mol. The van der Waals surface area contributed by atoms with Crippen molar-refractivity contribution in [2.45, 2.75) is 25.6 Å². The van der Waals surface area contributed by atoms with Crippen LogP contribution in [0.4, 0.5) is 0 Å². The minimum atomic E-state index is 0.0254. The number of rotatable bonds is 6. The number of hydrogen-bond donors (Lipinski definition) is 1. The summed E-state index contributed by atoms with van der Waals surface area (Å²) in [4.78, 5) is 6.45. The van der Waals surface area contributed by atoms with E-state index in [1.165, 1.54) is 5.56 Å². The van der Waals surface area contributed by atoms with E-state index in [9.17, 15) is 0 Å². The van der Waals surface area contributed by atoms with E-state index >= 15 is 0 Å². The van der Waals surface area contributed by atoms with Gasteiger partial charge in [0.25, 0.3) is 0 Å². The summed E-state index contributed by atoms with van der Waals surface area (Å²) >= 11 is 0. The van der Waals surface area contributed by atoms with Crippen LogP contribution in [0.3, 0.4) is 0 Å². The molecule has 2 atom stereocenters. The number of likely N-dealkylation sites (N-methyl/N-ethyl adjacent to an activating group) is 1. The second-order valence-corrected chi connectivity index (χ2v) is 5.35. The van der Waals surface area contributed by atoms with Gasteiger partial charge in [-0.25, -0.2) is 0 Å². The van der Waals surface area contributed by atoms with Gasteiger partial charge in [-0.15, -0.1) is 0 Å². The van der Waals surface area contributed by atoms with E-state index in [4.69, 9.17) is 10.5 Å². The summed E-state index contributed by atoms with van der Waals surface area (Å²) in [7, 11) is 3.76. The Bertz CT molecular complexity index is 540. The van der Waals surface area contributed by atoms with Crippen LogP contribution in [0, 0.1) is 0 Å². The third-order valence-electron chi connectivity index (χ3n) is 3.59. The molecule has 4 nitrogen and oxygen atoms in total. The number of nitrogens with two attached hydrogens (primary N) is 1. The molecule has 0 radical (unpaired) electrons. The zero-order valence-corrected chi connectivity index (χ0v) is 12.9. The molecule has 2 aromatic rings. The molecular formula is C17H23N3O. The highest BCUT2D eigenvalue weighted by Gasteiger charge is 2.21. The summed E-state index contributed by atoms with van der Waals surface area (Å²) in [6.07, 6.45) is 3.67. The lowest BCUT2D eigenvalue weighted by Gasteiger charge is -2.31. The summed E-state index contributed by atoms with van der Waals surface area (Å²) in [5.41, 5.74) is 8.55. The standard InChI is InChI=1S/C17H23N3O/c1-13(18)17(15-5-4-10-19-11-15)20(2)12-14-6-8-16(21-3)9-7-14/h4-11,13,17H,12,18H2,1-3H3. The highest BCUT2D eigenvalue weighted by Crippen LogP contribution is 2.23. The summed E-state index contributed by atoms with van der Waals surface area (Å²) in [6.45, 7) is 2.85. The first kappa shape index (κ1) is 15.5. The number of nitrogens with zero attached hydrogens (tertiary/aromatic N) is 2. The molecule has 2 N–H and O–H groups in total. The summed E-state index contributed by atoms with van der Waals surface area (Å²) in [5.74, 6) is 0.873. The predicted molar refractivity (Wildman–Crippen MR) is 85.1 cm³/mol. The molecule has 0 fully saturated rings. The van der Waals surface area contributed by atoms with Crippen LogP contribution in [0.1, 0.15) is 24.1 Å². The van der Waals surface area contributed by atoms with Gasteiger partial charge in [-0.1, -0.05) is 18.2 Å². The molecule has 4 heteroatoms. The molecule has 112 valence electrons. The molecule has 0 bridgehead atoms. The number of hydrogen-bond acceptors (Lipinski definition) is 4. The van der Waals surface area contributed by atoms with Gasteiger partial charge in [0.15, 0.2) is 0 Å². The lowest BCUT2D eigenvalue weighted by atomic mass is 10.0. The van der Waals surface area contributed by atoms with Crippen LogP contribution >= 0.6 is 0 Å². The van der Waals surface area contributed by atoms with Crippen LogP contribution in [0.25, 0.3) is 0 Å². The normalized spacial score (nSPS) is 14.0. The quantitative estimate of drug-likeness (QED) is 0.886. The van der Waals surface area contributed by atoms with E-state index in [1.807, 2.05) is 31.3 Å². The molecule has 0 saturated carbocycles. The Morgan fingerprint density at radius 3 is 2.48 bits per heavy atom. The van der Waals surface area contributed by atoms with Crippen molar-refractivity contribution >= 4 is 0 Å². The summed E-state index contributed by atoms with van der Waals surface area (Å²) in [5, 5.41) is 0. The molecule has 0 aliphatic heterocycles. The van der Waals surface area contributed by atoms with Crippen molar-refractivity contribution < 1.29 is 4.74 Å². The zero-order valence-electron chi connectivity index (χ0n) is 12.9. The van der Waals surface area contributed by atoms with Crippen LogP contribution in [0.15, 0.2) is 48.8 Å². The molecule has 1 heterocycles. The fourth-order valence-corrected chi connectivity index (χ4v) is 2.63. The van der Waals surface area contributed by atoms with Gasteiger partial charge in [0.05, 0.1) is 13.2 Å². The highest BCUT2D eigenvalue weighted by atomic mass is 16.5. The van der Waals surface area contributed by atoms with Crippen LogP contribution in [0.5, 0.6) is 5.75 Å². The Kier molecular flexibility index (Phi) is 5.31. The summed E-state index contributed by atoms with van der Waals surface area (Å²) in [6, 6.07) is 12.3. The first-order valence-electron chi connectivity index (χ1n) is 7.10. The Hall–Kier alpha value is -1.91. The van der Waals surface area contributed by atoms with E-state index in [0.29, 0.717) is 0 Å². The third-order valence-corrected chi connectivity index (χ3v) is 3.59. The van der Waals surface area contributed by atoms with Crippen molar-refractivity contribution in [3.8, 4) is 5.75 Å².